The van der Waals surface area contributed by atoms with Crippen molar-refractivity contribution in [2.24, 2.45) is 0 Å². The zero-order valence-corrected chi connectivity index (χ0v) is 12.5. The van der Waals surface area contributed by atoms with E-state index in [1.807, 2.05) is 20.8 Å². The van der Waals surface area contributed by atoms with Crippen LogP contribution < -0.4 is 0 Å². The molecule has 0 heterocycles. The molecule has 0 saturated heterocycles. The van der Waals surface area contributed by atoms with Crippen molar-refractivity contribution in [3.63, 3.8) is 0 Å². The van der Waals surface area contributed by atoms with Crippen LogP contribution in [0.3, 0.4) is 0 Å². The molecule has 0 saturated carbocycles. The molecule has 1 atom stereocenters. The molecule has 0 spiro atoms. The fraction of sp³-hybridized carbons (Fsp3) is 0.800. The maximum atomic E-state index is 11.5. The number of aliphatic hydroxyl groups excluding tert-OH is 1. The highest BCUT2D eigenvalue weighted by Gasteiger charge is 2.18. The van der Waals surface area contributed by atoms with Crippen LogP contribution in [0.15, 0.2) is 11.6 Å². The van der Waals surface area contributed by atoms with Crippen molar-refractivity contribution >= 4 is 5.97 Å². The molecular weight excluding hydrogens is 228 g/mol. The highest BCUT2D eigenvalue weighted by Crippen LogP contribution is 2.12. The zero-order valence-electron chi connectivity index (χ0n) is 12.5. The summed E-state index contributed by atoms with van der Waals surface area (Å²) in [5.41, 5.74) is 0.851. The smallest absolute Gasteiger partial charge is 0.308 e. The fourth-order valence-electron chi connectivity index (χ4n) is 1.59. The van der Waals surface area contributed by atoms with E-state index in [1.54, 1.807) is 0 Å². The Hall–Kier alpha value is -0.830. The monoisotopic (exact) mass is 256 g/mol. The Labute approximate surface area is 111 Å². The average molecular weight is 256 g/mol. The number of carbonyl (C=O) groups excluding carboxylic acids is 1. The van der Waals surface area contributed by atoms with Crippen LogP contribution in [0.5, 0.6) is 0 Å². The predicted molar refractivity (Wildman–Crippen MR) is 74.4 cm³/mol. The van der Waals surface area contributed by atoms with E-state index in [1.165, 1.54) is 5.57 Å². The Morgan fingerprint density at radius 1 is 1.28 bits per heavy atom. The average Bonchev–Trinajstić information content (AvgIpc) is 2.12. The number of ether oxygens (including phenoxy) is 1. The van der Waals surface area contributed by atoms with Crippen LogP contribution in [0.2, 0.25) is 0 Å². The maximum Gasteiger partial charge on any atom is 0.308 e. The fourth-order valence-corrected chi connectivity index (χ4v) is 1.59. The first-order valence-electron chi connectivity index (χ1n) is 6.74. The molecule has 18 heavy (non-hydrogen) atoms. The molecule has 1 N–H and O–H groups in total. The number of rotatable bonds is 7. The van der Waals surface area contributed by atoms with Gasteiger partial charge in [-0.3, -0.25) is 4.79 Å². The quantitative estimate of drug-likeness (QED) is 0.430. The molecule has 0 fully saturated rings. The number of unbranched alkanes of at least 4 members (excludes halogenated alkanes) is 2. The first-order chi connectivity index (χ1) is 8.20. The number of allylic oxidation sites excluding steroid dienone is 2. The molecule has 106 valence electrons. The summed E-state index contributed by atoms with van der Waals surface area (Å²) in [6.07, 6.45) is 5.41. The number of carbonyl (C=O) groups is 1. The van der Waals surface area contributed by atoms with Crippen molar-refractivity contribution in [2.75, 3.05) is 0 Å². The Kier molecular flexibility index (Phi) is 7.92. The SMILES string of the molecule is CC(C)=CCCCC[C@H](O)CC(=O)OC(C)(C)C. The first-order valence-corrected chi connectivity index (χ1v) is 6.74. The number of aliphatic hydroxyl groups is 1. The first kappa shape index (κ1) is 17.2. The van der Waals surface area contributed by atoms with Crippen LogP contribution in [0.4, 0.5) is 0 Å². The second-order valence-electron chi connectivity index (χ2n) is 6.01. The van der Waals surface area contributed by atoms with Crippen LogP contribution >= 0.6 is 0 Å². The number of hydrogen-bond acceptors (Lipinski definition) is 3. The van der Waals surface area contributed by atoms with Crippen LogP contribution in [0, 0.1) is 0 Å². The van der Waals surface area contributed by atoms with Gasteiger partial charge >= 0.3 is 5.97 Å². The van der Waals surface area contributed by atoms with E-state index in [-0.39, 0.29) is 12.4 Å². The summed E-state index contributed by atoms with van der Waals surface area (Å²) in [6, 6.07) is 0. The Morgan fingerprint density at radius 3 is 2.39 bits per heavy atom. The lowest BCUT2D eigenvalue weighted by molar-refractivity contribution is -0.157. The van der Waals surface area contributed by atoms with E-state index in [0.29, 0.717) is 6.42 Å². The molecular formula is C15H28O3. The third kappa shape index (κ3) is 11.6. The normalized spacial score (nSPS) is 13.0. The molecule has 0 aromatic carbocycles. The zero-order chi connectivity index (χ0) is 14.2. The van der Waals surface area contributed by atoms with Gasteiger partial charge in [-0.05, 0) is 53.9 Å². The third-order valence-corrected chi connectivity index (χ3v) is 2.37. The van der Waals surface area contributed by atoms with Gasteiger partial charge in [-0.2, -0.15) is 0 Å². The molecule has 0 bridgehead atoms. The van der Waals surface area contributed by atoms with Gasteiger partial charge < -0.3 is 9.84 Å². The van der Waals surface area contributed by atoms with Crippen LogP contribution in [0.1, 0.15) is 66.7 Å². The Bertz CT molecular complexity index is 270. The standard InChI is InChI=1S/C15H28O3/c1-12(2)9-7-6-8-10-13(16)11-14(17)18-15(3,4)5/h9,13,16H,6-8,10-11H2,1-5H3/t13-/m0/s1. The molecule has 0 amide bonds. The maximum absolute atomic E-state index is 11.5. The highest BCUT2D eigenvalue weighted by molar-refractivity contribution is 5.70. The van der Waals surface area contributed by atoms with E-state index in [0.717, 1.165) is 19.3 Å². The summed E-state index contributed by atoms with van der Waals surface area (Å²) >= 11 is 0. The molecule has 0 unspecified atom stereocenters. The minimum absolute atomic E-state index is 0.0971. The van der Waals surface area contributed by atoms with Crippen molar-refractivity contribution < 1.29 is 14.6 Å². The van der Waals surface area contributed by atoms with Gasteiger partial charge in [-0.25, -0.2) is 0 Å². The molecule has 0 aromatic rings. The van der Waals surface area contributed by atoms with Crippen molar-refractivity contribution in [1.82, 2.24) is 0 Å². The summed E-state index contributed by atoms with van der Waals surface area (Å²) < 4.78 is 5.16. The van der Waals surface area contributed by atoms with Crippen molar-refractivity contribution in [2.45, 2.75) is 78.4 Å². The Balaban J connectivity index is 3.68. The highest BCUT2D eigenvalue weighted by atomic mass is 16.6. The molecule has 3 nitrogen and oxygen atoms in total. The topological polar surface area (TPSA) is 46.5 Å². The number of hydrogen-bond donors (Lipinski definition) is 1. The van der Waals surface area contributed by atoms with Crippen LogP contribution in [-0.2, 0) is 9.53 Å². The van der Waals surface area contributed by atoms with Gasteiger partial charge in [0.2, 0.25) is 0 Å². The van der Waals surface area contributed by atoms with Gasteiger partial charge in [0.15, 0.2) is 0 Å². The van der Waals surface area contributed by atoms with Gasteiger partial charge in [0.25, 0.3) is 0 Å². The minimum Gasteiger partial charge on any atom is -0.460 e. The predicted octanol–water partition coefficient (Wildman–Crippen LogP) is 3.61. The van der Waals surface area contributed by atoms with Crippen molar-refractivity contribution in [3.8, 4) is 0 Å². The van der Waals surface area contributed by atoms with Gasteiger partial charge in [-0.1, -0.05) is 18.1 Å². The van der Waals surface area contributed by atoms with Gasteiger partial charge in [0.05, 0.1) is 12.5 Å². The van der Waals surface area contributed by atoms with Gasteiger partial charge in [0, 0.05) is 0 Å². The lowest BCUT2D eigenvalue weighted by Gasteiger charge is -2.20. The minimum atomic E-state index is -0.577. The second-order valence-corrected chi connectivity index (χ2v) is 6.01. The molecule has 0 aliphatic rings. The summed E-state index contributed by atoms with van der Waals surface area (Å²) in [7, 11) is 0. The van der Waals surface area contributed by atoms with E-state index in [2.05, 4.69) is 19.9 Å². The summed E-state index contributed by atoms with van der Waals surface area (Å²) in [5.74, 6) is -0.320. The lowest BCUT2D eigenvalue weighted by Crippen LogP contribution is -2.26. The van der Waals surface area contributed by atoms with Crippen molar-refractivity contribution in [1.29, 1.82) is 0 Å². The second kappa shape index (κ2) is 8.30. The molecule has 0 aliphatic heterocycles. The lowest BCUT2D eigenvalue weighted by atomic mass is 10.1. The molecule has 3 heteroatoms. The summed E-state index contributed by atoms with van der Waals surface area (Å²) in [5, 5.41) is 9.71. The van der Waals surface area contributed by atoms with Crippen molar-refractivity contribution in [3.05, 3.63) is 11.6 Å². The number of esters is 1. The molecule has 0 aliphatic carbocycles. The van der Waals surface area contributed by atoms with Crippen LogP contribution in [0.25, 0.3) is 0 Å². The molecule has 0 aromatic heterocycles. The summed E-state index contributed by atoms with van der Waals surface area (Å²) in [6.45, 7) is 9.65. The van der Waals surface area contributed by atoms with Gasteiger partial charge in [-0.15, -0.1) is 0 Å². The van der Waals surface area contributed by atoms with E-state index in [4.69, 9.17) is 4.74 Å². The van der Waals surface area contributed by atoms with E-state index < -0.39 is 11.7 Å². The molecule has 0 rings (SSSR count). The third-order valence-electron chi connectivity index (χ3n) is 2.37. The van der Waals surface area contributed by atoms with E-state index >= 15 is 0 Å². The Morgan fingerprint density at radius 2 is 1.89 bits per heavy atom. The van der Waals surface area contributed by atoms with E-state index in [9.17, 15) is 9.90 Å². The summed E-state index contributed by atoms with van der Waals surface area (Å²) in [4.78, 5) is 11.5. The van der Waals surface area contributed by atoms with Crippen LogP contribution in [-0.4, -0.2) is 22.8 Å². The largest absolute Gasteiger partial charge is 0.460 e. The molecule has 0 radical (unpaired) electrons. The van der Waals surface area contributed by atoms with Gasteiger partial charge in [0.1, 0.15) is 5.60 Å².